The average molecular weight is 445 g/mol. The molecule has 1 aliphatic heterocycles. The second-order valence-electron chi connectivity index (χ2n) is 7.23. The quantitative estimate of drug-likeness (QED) is 0.464. The van der Waals surface area contributed by atoms with Gasteiger partial charge in [0.05, 0.1) is 40.5 Å². The predicted molar refractivity (Wildman–Crippen MR) is 110 cm³/mol. The summed E-state index contributed by atoms with van der Waals surface area (Å²) in [6, 6.07) is 12.0. The van der Waals surface area contributed by atoms with Crippen LogP contribution in [-0.4, -0.2) is 47.0 Å². The van der Waals surface area contributed by atoms with Crippen molar-refractivity contribution in [3.05, 3.63) is 75.8 Å². The van der Waals surface area contributed by atoms with Gasteiger partial charge in [-0.15, -0.1) is 0 Å². The van der Waals surface area contributed by atoms with Crippen molar-refractivity contribution in [2.24, 2.45) is 0 Å². The molecule has 0 unspecified atom stereocenters. The highest BCUT2D eigenvalue weighted by Gasteiger charge is 2.31. The first kappa shape index (κ1) is 21.6. The molecule has 0 saturated carbocycles. The first-order valence-corrected chi connectivity index (χ1v) is 9.77. The standard InChI is InChI=1S/C22H18F3N3O4/c23-22(24,25)15-7-5-14(6-8-15)18-13-17(21(29)27-9-11-32-12-10-27)20(26-18)16-3-1-2-4-19(16)28(30)31/h1-8,13,26H,9-12H2. The van der Waals surface area contributed by atoms with E-state index < -0.39 is 16.7 Å². The number of morpholine rings is 1. The minimum absolute atomic E-state index is 0.190. The summed E-state index contributed by atoms with van der Waals surface area (Å²) in [5.74, 6) is -0.337. The molecule has 3 aromatic rings. The molecule has 1 fully saturated rings. The molecule has 32 heavy (non-hydrogen) atoms. The number of H-pyrrole nitrogens is 1. The molecule has 0 bridgehead atoms. The SMILES string of the molecule is O=C(c1cc(-c2ccc(C(F)(F)F)cc2)[nH]c1-c1ccccc1[N+](=O)[O-])N1CCOCC1. The summed E-state index contributed by atoms with van der Waals surface area (Å²) in [6.45, 7) is 1.50. The number of carbonyl (C=O) groups is 1. The fraction of sp³-hybridized carbons (Fsp3) is 0.227. The number of alkyl halides is 3. The molecule has 0 radical (unpaired) electrons. The number of para-hydroxylation sites is 1. The number of aromatic amines is 1. The van der Waals surface area contributed by atoms with Gasteiger partial charge in [0.1, 0.15) is 0 Å². The van der Waals surface area contributed by atoms with E-state index in [2.05, 4.69) is 4.98 Å². The molecule has 1 aliphatic rings. The van der Waals surface area contributed by atoms with Crippen LogP contribution in [0, 0.1) is 10.1 Å². The van der Waals surface area contributed by atoms with E-state index >= 15 is 0 Å². The van der Waals surface area contributed by atoms with Crippen molar-refractivity contribution in [3.8, 4) is 22.5 Å². The molecule has 10 heteroatoms. The average Bonchev–Trinajstić information content (AvgIpc) is 3.24. The Hall–Kier alpha value is -3.66. The van der Waals surface area contributed by atoms with Gasteiger partial charge in [0.15, 0.2) is 0 Å². The number of carbonyl (C=O) groups excluding carboxylic acids is 1. The molecular formula is C22H18F3N3O4. The van der Waals surface area contributed by atoms with Gasteiger partial charge in [-0.2, -0.15) is 13.2 Å². The van der Waals surface area contributed by atoms with Gasteiger partial charge >= 0.3 is 6.18 Å². The van der Waals surface area contributed by atoms with Gasteiger partial charge in [-0.3, -0.25) is 14.9 Å². The van der Waals surface area contributed by atoms with Crippen molar-refractivity contribution in [2.45, 2.75) is 6.18 Å². The van der Waals surface area contributed by atoms with Crippen LogP contribution in [0.1, 0.15) is 15.9 Å². The number of ether oxygens (including phenoxy) is 1. The van der Waals surface area contributed by atoms with E-state index in [9.17, 15) is 28.1 Å². The van der Waals surface area contributed by atoms with Crippen molar-refractivity contribution < 1.29 is 27.6 Å². The zero-order valence-electron chi connectivity index (χ0n) is 16.7. The van der Waals surface area contributed by atoms with Crippen LogP contribution >= 0.6 is 0 Å². The van der Waals surface area contributed by atoms with Gasteiger partial charge < -0.3 is 14.6 Å². The van der Waals surface area contributed by atoms with Crippen molar-refractivity contribution >= 4 is 11.6 Å². The first-order valence-electron chi connectivity index (χ1n) is 9.77. The van der Waals surface area contributed by atoms with Gasteiger partial charge in [-0.25, -0.2) is 0 Å². The molecule has 1 amide bonds. The lowest BCUT2D eigenvalue weighted by Gasteiger charge is -2.26. The Balaban J connectivity index is 1.82. The Labute approximate surface area is 180 Å². The first-order chi connectivity index (χ1) is 15.3. The third kappa shape index (κ3) is 4.22. The Morgan fingerprint density at radius 2 is 1.72 bits per heavy atom. The molecule has 0 aliphatic carbocycles. The number of rotatable bonds is 4. The number of hydrogen-bond acceptors (Lipinski definition) is 4. The lowest BCUT2D eigenvalue weighted by atomic mass is 10.0. The van der Waals surface area contributed by atoms with Crippen LogP contribution in [-0.2, 0) is 10.9 Å². The maximum Gasteiger partial charge on any atom is 0.416 e. The second-order valence-corrected chi connectivity index (χ2v) is 7.23. The van der Waals surface area contributed by atoms with Crippen LogP contribution < -0.4 is 0 Å². The van der Waals surface area contributed by atoms with Gasteiger partial charge in [0, 0.05) is 24.8 Å². The molecule has 1 aromatic heterocycles. The third-order valence-electron chi connectivity index (χ3n) is 5.24. The molecule has 1 N–H and O–H groups in total. The van der Waals surface area contributed by atoms with Gasteiger partial charge in [-0.1, -0.05) is 24.3 Å². The number of hydrogen-bond donors (Lipinski definition) is 1. The number of aromatic nitrogens is 1. The van der Waals surface area contributed by atoms with E-state index in [-0.39, 0.29) is 28.4 Å². The lowest BCUT2D eigenvalue weighted by molar-refractivity contribution is -0.384. The van der Waals surface area contributed by atoms with Crippen molar-refractivity contribution in [1.29, 1.82) is 0 Å². The summed E-state index contributed by atoms with van der Waals surface area (Å²) in [6.07, 6.45) is -4.47. The minimum atomic E-state index is -4.47. The van der Waals surface area contributed by atoms with Gasteiger partial charge in [-0.05, 0) is 29.8 Å². The number of benzene rings is 2. The second kappa shape index (κ2) is 8.46. The Bertz CT molecular complexity index is 1150. The minimum Gasteiger partial charge on any atom is -0.378 e. The number of nitro groups is 1. The van der Waals surface area contributed by atoms with Crippen LogP contribution in [0.15, 0.2) is 54.6 Å². The molecular weight excluding hydrogens is 427 g/mol. The molecule has 4 rings (SSSR count). The van der Waals surface area contributed by atoms with Crippen LogP contribution in [0.4, 0.5) is 18.9 Å². The zero-order chi connectivity index (χ0) is 22.9. The van der Waals surface area contributed by atoms with Crippen LogP contribution in [0.5, 0.6) is 0 Å². The molecule has 7 nitrogen and oxygen atoms in total. The third-order valence-corrected chi connectivity index (χ3v) is 5.24. The van der Waals surface area contributed by atoms with E-state index in [0.29, 0.717) is 37.6 Å². The largest absolute Gasteiger partial charge is 0.416 e. The summed E-state index contributed by atoms with van der Waals surface area (Å²) >= 11 is 0. The van der Waals surface area contributed by atoms with E-state index in [1.54, 1.807) is 11.0 Å². The summed E-state index contributed by atoms with van der Waals surface area (Å²) in [5.41, 5.74) is 0.468. The van der Waals surface area contributed by atoms with E-state index in [1.807, 2.05) is 0 Å². The van der Waals surface area contributed by atoms with Crippen LogP contribution in [0.3, 0.4) is 0 Å². The Morgan fingerprint density at radius 1 is 1.06 bits per heavy atom. The Kier molecular flexibility index (Phi) is 5.70. The Morgan fingerprint density at radius 3 is 2.34 bits per heavy atom. The summed E-state index contributed by atoms with van der Waals surface area (Å²) in [4.78, 5) is 28.9. The van der Waals surface area contributed by atoms with Crippen molar-refractivity contribution in [1.82, 2.24) is 9.88 Å². The molecule has 0 atom stereocenters. The summed E-state index contributed by atoms with van der Waals surface area (Å²) in [5, 5.41) is 11.6. The zero-order valence-corrected chi connectivity index (χ0v) is 16.7. The normalized spacial score (nSPS) is 14.4. The summed E-state index contributed by atoms with van der Waals surface area (Å²) < 4.78 is 44.0. The van der Waals surface area contributed by atoms with E-state index in [1.165, 1.54) is 36.4 Å². The monoisotopic (exact) mass is 445 g/mol. The number of nitro benzene ring substituents is 1. The van der Waals surface area contributed by atoms with Gasteiger partial charge in [0.25, 0.3) is 11.6 Å². The number of amides is 1. The van der Waals surface area contributed by atoms with Crippen molar-refractivity contribution in [2.75, 3.05) is 26.3 Å². The van der Waals surface area contributed by atoms with Crippen molar-refractivity contribution in [3.63, 3.8) is 0 Å². The molecule has 1 saturated heterocycles. The highest BCUT2D eigenvalue weighted by atomic mass is 19.4. The smallest absolute Gasteiger partial charge is 0.378 e. The number of nitrogens with one attached hydrogen (secondary N) is 1. The van der Waals surface area contributed by atoms with Crippen LogP contribution in [0.25, 0.3) is 22.5 Å². The fourth-order valence-corrected chi connectivity index (χ4v) is 3.61. The predicted octanol–water partition coefficient (Wildman–Crippen LogP) is 4.75. The summed E-state index contributed by atoms with van der Waals surface area (Å²) in [7, 11) is 0. The lowest BCUT2D eigenvalue weighted by Crippen LogP contribution is -2.40. The fourth-order valence-electron chi connectivity index (χ4n) is 3.61. The topological polar surface area (TPSA) is 88.5 Å². The van der Waals surface area contributed by atoms with Gasteiger partial charge in [0.2, 0.25) is 0 Å². The maximum absolute atomic E-state index is 13.2. The van der Waals surface area contributed by atoms with E-state index in [4.69, 9.17) is 4.74 Å². The highest BCUT2D eigenvalue weighted by Crippen LogP contribution is 2.36. The van der Waals surface area contributed by atoms with E-state index in [0.717, 1.165) is 12.1 Å². The number of halogens is 3. The molecule has 0 spiro atoms. The van der Waals surface area contributed by atoms with Crippen LogP contribution in [0.2, 0.25) is 0 Å². The molecule has 2 aromatic carbocycles. The maximum atomic E-state index is 13.2. The highest BCUT2D eigenvalue weighted by molar-refractivity contribution is 6.02. The molecule has 2 heterocycles. The number of nitrogens with zero attached hydrogens (tertiary/aromatic N) is 2. The molecule has 166 valence electrons.